The summed E-state index contributed by atoms with van der Waals surface area (Å²) in [5.74, 6) is 2.07. The van der Waals surface area contributed by atoms with E-state index < -0.39 is 0 Å². The number of aromatic nitrogens is 3. The topological polar surface area (TPSA) is 90.6 Å². The second-order valence-electron chi connectivity index (χ2n) is 9.52. The van der Waals surface area contributed by atoms with Gasteiger partial charge in [0, 0.05) is 11.3 Å². The lowest BCUT2D eigenvalue weighted by molar-refractivity contribution is -0.118. The lowest BCUT2D eigenvalue weighted by atomic mass is 9.87. The Bertz CT molecular complexity index is 1390. The molecule has 1 heterocycles. The molecular weight excluding hydrogens is 498 g/mol. The summed E-state index contributed by atoms with van der Waals surface area (Å²) >= 11 is 1.29. The molecule has 3 aromatic carbocycles. The number of hydrazone groups is 1. The van der Waals surface area contributed by atoms with Gasteiger partial charge in [0.1, 0.15) is 11.5 Å². The van der Waals surface area contributed by atoms with E-state index >= 15 is 0 Å². The summed E-state index contributed by atoms with van der Waals surface area (Å²) in [6.45, 7) is 6.55. The zero-order valence-corrected chi connectivity index (χ0v) is 23.0. The van der Waals surface area contributed by atoms with Crippen LogP contribution in [0.4, 0.5) is 0 Å². The van der Waals surface area contributed by atoms with Crippen LogP contribution in [0, 0.1) is 0 Å². The molecule has 1 aromatic heterocycles. The van der Waals surface area contributed by atoms with E-state index in [0.29, 0.717) is 11.0 Å². The maximum absolute atomic E-state index is 12.5. The molecule has 0 saturated carbocycles. The number of nitrogens with one attached hydrogen (secondary N) is 1. The van der Waals surface area contributed by atoms with Crippen molar-refractivity contribution in [2.75, 3.05) is 20.0 Å². The molecule has 0 atom stereocenters. The lowest BCUT2D eigenvalue weighted by Gasteiger charge is -2.19. The summed E-state index contributed by atoms with van der Waals surface area (Å²) in [6, 6.07) is 23.4. The molecule has 9 heteroatoms. The number of carbonyl (C=O) groups is 1. The summed E-state index contributed by atoms with van der Waals surface area (Å²) in [5.41, 5.74) is 6.50. The van der Waals surface area contributed by atoms with Crippen molar-refractivity contribution >= 4 is 23.9 Å². The Morgan fingerprint density at radius 3 is 2.11 bits per heavy atom. The summed E-state index contributed by atoms with van der Waals surface area (Å²) in [4.78, 5) is 12.5. The van der Waals surface area contributed by atoms with E-state index in [-0.39, 0.29) is 17.1 Å². The van der Waals surface area contributed by atoms with Crippen molar-refractivity contribution in [3.05, 3.63) is 83.9 Å². The van der Waals surface area contributed by atoms with Crippen molar-refractivity contribution < 1.29 is 14.3 Å². The SMILES string of the molecule is COc1ccc(/C=N\NC(=O)CSc2nnc(-c3ccc(C(C)(C)C)cc3)n2-c2ccc(OC)cc2)cc1. The van der Waals surface area contributed by atoms with Crippen LogP contribution >= 0.6 is 11.8 Å². The molecule has 0 fully saturated rings. The van der Waals surface area contributed by atoms with Crippen molar-refractivity contribution in [1.29, 1.82) is 0 Å². The number of thioether (sulfide) groups is 1. The Morgan fingerprint density at radius 2 is 1.53 bits per heavy atom. The number of amides is 1. The Balaban J connectivity index is 1.52. The molecule has 1 N–H and O–H groups in total. The molecule has 0 unspecified atom stereocenters. The first kappa shape index (κ1) is 26.9. The molecule has 4 rings (SSSR count). The summed E-state index contributed by atoms with van der Waals surface area (Å²) in [6.07, 6.45) is 1.58. The van der Waals surface area contributed by atoms with Gasteiger partial charge in [-0.15, -0.1) is 10.2 Å². The van der Waals surface area contributed by atoms with Crippen LogP contribution in [0.1, 0.15) is 31.9 Å². The van der Waals surface area contributed by atoms with Crippen molar-refractivity contribution in [2.24, 2.45) is 5.10 Å². The monoisotopic (exact) mass is 529 g/mol. The minimum absolute atomic E-state index is 0.0480. The molecule has 8 nitrogen and oxygen atoms in total. The van der Waals surface area contributed by atoms with Gasteiger partial charge in [-0.25, -0.2) is 5.43 Å². The van der Waals surface area contributed by atoms with Gasteiger partial charge >= 0.3 is 0 Å². The van der Waals surface area contributed by atoms with Crippen molar-refractivity contribution in [3.63, 3.8) is 0 Å². The van der Waals surface area contributed by atoms with Gasteiger partial charge in [-0.2, -0.15) is 5.10 Å². The molecular formula is C29H31N5O3S. The first-order chi connectivity index (χ1) is 18.3. The van der Waals surface area contributed by atoms with E-state index in [1.165, 1.54) is 17.3 Å². The molecule has 0 radical (unpaired) electrons. The number of carbonyl (C=O) groups excluding carboxylic acids is 1. The van der Waals surface area contributed by atoms with Crippen LogP contribution in [-0.4, -0.2) is 46.9 Å². The molecule has 0 aliphatic heterocycles. The fourth-order valence-electron chi connectivity index (χ4n) is 3.66. The molecule has 196 valence electrons. The maximum Gasteiger partial charge on any atom is 0.250 e. The minimum Gasteiger partial charge on any atom is -0.497 e. The van der Waals surface area contributed by atoms with E-state index in [4.69, 9.17) is 9.47 Å². The van der Waals surface area contributed by atoms with Crippen LogP contribution in [0.2, 0.25) is 0 Å². The molecule has 0 saturated heterocycles. The first-order valence-electron chi connectivity index (χ1n) is 12.1. The Labute approximate surface area is 227 Å². The fourth-order valence-corrected chi connectivity index (χ4v) is 4.41. The molecule has 4 aromatic rings. The highest BCUT2D eigenvalue weighted by molar-refractivity contribution is 7.99. The Kier molecular flexibility index (Phi) is 8.48. The highest BCUT2D eigenvalue weighted by Crippen LogP contribution is 2.30. The second-order valence-corrected chi connectivity index (χ2v) is 10.5. The van der Waals surface area contributed by atoms with E-state index in [9.17, 15) is 4.79 Å². The predicted octanol–water partition coefficient (Wildman–Crippen LogP) is 5.49. The number of ether oxygens (including phenoxy) is 2. The summed E-state index contributed by atoms with van der Waals surface area (Å²) in [5, 5.41) is 13.5. The van der Waals surface area contributed by atoms with Crippen LogP contribution < -0.4 is 14.9 Å². The lowest BCUT2D eigenvalue weighted by Crippen LogP contribution is -2.20. The van der Waals surface area contributed by atoms with Crippen molar-refractivity contribution in [1.82, 2.24) is 20.2 Å². The van der Waals surface area contributed by atoms with Gasteiger partial charge in [-0.3, -0.25) is 9.36 Å². The van der Waals surface area contributed by atoms with E-state index in [2.05, 4.69) is 65.8 Å². The minimum atomic E-state index is -0.250. The van der Waals surface area contributed by atoms with E-state index in [1.807, 2.05) is 53.1 Å². The largest absolute Gasteiger partial charge is 0.497 e. The quantitative estimate of drug-likeness (QED) is 0.175. The normalized spacial score (nSPS) is 11.5. The van der Waals surface area contributed by atoms with Gasteiger partial charge in [0.2, 0.25) is 0 Å². The van der Waals surface area contributed by atoms with Gasteiger partial charge in [0.25, 0.3) is 5.91 Å². The number of hydrogen-bond donors (Lipinski definition) is 1. The number of rotatable bonds is 9. The number of benzene rings is 3. The van der Waals surface area contributed by atoms with Crippen molar-refractivity contribution in [3.8, 4) is 28.6 Å². The van der Waals surface area contributed by atoms with Gasteiger partial charge in [0.15, 0.2) is 11.0 Å². The van der Waals surface area contributed by atoms with Crippen LogP contribution in [0.3, 0.4) is 0 Å². The molecule has 1 amide bonds. The van der Waals surface area contributed by atoms with Crippen LogP contribution in [0.5, 0.6) is 11.5 Å². The van der Waals surface area contributed by atoms with Crippen LogP contribution in [0.25, 0.3) is 17.1 Å². The third kappa shape index (κ3) is 6.60. The third-order valence-corrected chi connectivity index (χ3v) is 6.75. The maximum atomic E-state index is 12.5. The molecule has 0 aliphatic rings. The van der Waals surface area contributed by atoms with Crippen molar-refractivity contribution in [2.45, 2.75) is 31.3 Å². The molecule has 0 aliphatic carbocycles. The van der Waals surface area contributed by atoms with Gasteiger partial charge in [0.05, 0.1) is 26.2 Å². The Morgan fingerprint density at radius 1 is 0.921 bits per heavy atom. The second kappa shape index (κ2) is 12.0. The highest BCUT2D eigenvalue weighted by atomic mass is 32.2. The fraction of sp³-hybridized carbons (Fsp3) is 0.241. The predicted molar refractivity (Wildman–Crippen MR) is 152 cm³/mol. The van der Waals surface area contributed by atoms with Crippen LogP contribution in [0.15, 0.2) is 83.1 Å². The number of methoxy groups -OCH3 is 2. The zero-order valence-electron chi connectivity index (χ0n) is 22.1. The third-order valence-electron chi connectivity index (χ3n) is 5.82. The molecule has 38 heavy (non-hydrogen) atoms. The van der Waals surface area contributed by atoms with Crippen LogP contribution in [-0.2, 0) is 10.2 Å². The number of hydrogen-bond acceptors (Lipinski definition) is 7. The van der Waals surface area contributed by atoms with E-state index in [1.54, 1.807) is 20.4 Å². The number of nitrogens with zero attached hydrogens (tertiary/aromatic N) is 4. The zero-order chi connectivity index (χ0) is 27.1. The standard InChI is InChI=1S/C29H31N5O3S/c1-29(2,3)22-10-8-21(9-11-22)27-32-33-28(34(27)23-12-16-25(37-5)17-13-23)38-19-26(35)31-30-18-20-6-14-24(36-4)15-7-20/h6-18H,19H2,1-5H3,(H,31,35)/b30-18-. The van der Waals surface area contributed by atoms with Gasteiger partial charge in [-0.05, 0) is 65.1 Å². The highest BCUT2D eigenvalue weighted by Gasteiger charge is 2.19. The molecule has 0 bridgehead atoms. The first-order valence-corrected chi connectivity index (χ1v) is 13.1. The Hall–Kier alpha value is -4.11. The average Bonchev–Trinajstić information content (AvgIpc) is 3.36. The summed E-state index contributed by atoms with van der Waals surface area (Å²) in [7, 11) is 3.25. The van der Waals surface area contributed by atoms with Gasteiger partial charge < -0.3 is 9.47 Å². The summed E-state index contributed by atoms with van der Waals surface area (Å²) < 4.78 is 12.4. The van der Waals surface area contributed by atoms with E-state index in [0.717, 1.165) is 28.3 Å². The average molecular weight is 530 g/mol. The smallest absolute Gasteiger partial charge is 0.250 e. The molecule has 0 spiro atoms. The van der Waals surface area contributed by atoms with Gasteiger partial charge in [-0.1, -0.05) is 56.8 Å².